The highest BCUT2D eigenvalue weighted by atomic mass is 35.5. The zero-order valence-electron chi connectivity index (χ0n) is 6.25. The fourth-order valence-corrected chi connectivity index (χ4v) is 0.698. The van der Waals surface area contributed by atoms with E-state index in [-0.39, 0.29) is 5.75 Å². The highest BCUT2D eigenvalue weighted by molar-refractivity contribution is 6.44. The van der Waals surface area contributed by atoms with Crippen molar-refractivity contribution >= 4 is 23.2 Å². The van der Waals surface area contributed by atoms with Crippen LogP contribution < -0.4 is 4.74 Å². The Morgan fingerprint density at radius 2 is 2.15 bits per heavy atom. The van der Waals surface area contributed by atoms with E-state index in [0.717, 1.165) is 6.20 Å². The summed E-state index contributed by atoms with van der Waals surface area (Å²) in [4.78, 5) is 1.67. The molecule has 0 spiro atoms. The van der Waals surface area contributed by atoms with Crippen LogP contribution in [0.2, 0.25) is 0 Å². The molecule has 0 saturated heterocycles. The number of pyridine rings is 1. The van der Waals surface area contributed by atoms with Crippen LogP contribution in [0.15, 0.2) is 24.5 Å². The largest absolute Gasteiger partial charge is 0.429 e. The standard InChI is InChI=1S/C7H5Cl2F2NO/c8-6(9)7(10,11)13-5-2-1-3-12-4-5/h1-4,6H. The van der Waals surface area contributed by atoms with Gasteiger partial charge in [-0.1, -0.05) is 23.2 Å². The van der Waals surface area contributed by atoms with Crippen LogP contribution in [0.1, 0.15) is 0 Å². The Morgan fingerprint density at radius 3 is 2.62 bits per heavy atom. The van der Waals surface area contributed by atoms with Crippen molar-refractivity contribution in [3.05, 3.63) is 24.5 Å². The zero-order valence-corrected chi connectivity index (χ0v) is 7.77. The Morgan fingerprint density at radius 1 is 1.46 bits per heavy atom. The predicted octanol–water partition coefficient (Wildman–Crippen LogP) is 2.86. The molecule has 2 nitrogen and oxygen atoms in total. The van der Waals surface area contributed by atoms with E-state index in [1.54, 1.807) is 0 Å². The second-order valence-electron chi connectivity index (χ2n) is 2.15. The van der Waals surface area contributed by atoms with Crippen molar-refractivity contribution in [1.82, 2.24) is 4.98 Å². The van der Waals surface area contributed by atoms with Crippen LogP contribution in [0.25, 0.3) is 0 Å². The first-order valence-electron chi connectivity index (χ1n) is 3.27. The van der Waals surface area contributed by atoms with Gasteiger partial charge < -0.3 is 4.74 Å². The van der Waals surface area contributed by atoms with Crippen molar-refractivity contribution < 1.29 is 13.5 Å². The maximum Gasteiger partial charge on any atom is 0.428 e. The molecule has 0 radical (unpaired) electrons. The molecule has 0 unspecified atom stereocenters. The molecule has 0 aliphatic rings. The summed E-state index contributed by atoms with van der Waals surface area (Å²) in [6.45, 7) is 0. The lowest BCUT2D eigenvalue weighted by molar-refractivity contribution is -0.163. The fourth-order valence-electron chi connectivity index (χ4n) is 0.609. The number of hydrogen-bond donors (Lipinski definition) is 0. The minimum atomic E-state index is -3.61. The van der Waals surface area contributed by atoms with Gasteiger partial charge in [-0.2, -0.15) is 8.78 Å². The molecule has 0 aliphatic heterocycles. The van der Waals surface area contributed by atoms with Crippen molar-refractivity contribution in [3.8, 4) is 5.75 Å². The molecule has 0 fully saturated rings. The second kappa shape index (κ2) is 4.07. The predicted molar refractivity (Wildman–Crippen MR) is 45.3 cm³/mol. The van der Waals surface area contributed by atoms with Crippen molar-refractivity contribution in [3.63, 3.8) is 0 Å². The Labute approximate surface area is 83.4 Å². The number of alkyl halides is 4. The monoisotopic (exact) mass is 227 g/mol. The Balaban J connectivity index is 2.69. The van der Waals surface area contributed by atoms with Crippen LogP contribution in [-0.4, -0.2) is 15.9 Å². The van der Waals surface area contributed by atoms with Crippen molar-refractivity contribution in [2.45, 2.75) is 10.9 Å². The molecule has 72 valence electrons. The minimum Gasteiger partial charge on any atom is -0.429 e. The lowest BCUT2D eigenvalue weighted by atomic mass is 10.5. The normalized spacial score (nSPS) is 11.8. The lowest BCUT2D eigenvalue weighted by Gasteiger charge is -2.17. The van der Waals surface area contributed by atoms with Crippen LogP contribution in [0.4, 0.5) is 8.78 Å². The molecule has 1 aromatic rings. The van der Waals surface area contributed by atoms with Gasteiger partial charge in [0.15, 0.2) is 0 Å². The minimum absolute atomic E-state index is 0.0844. The fraction of sp³-hybridized carbons (Fsp3) is 0.286. The molecule has 1 heterocycles. The van der Waals surface area contributed by atoms with Gasteiger partial charge in [0.2, 0.25) is 4.84 Å². The average molecular weight is 228 g/mol. The van der Waals surface area contributed by atoms with Crippen LogP contribution in [-0.2, 0) is 0 Å². The highest BCUT2D eigenvalue weighted by Gasteiger charge is 2.40. The lowest BCUT2D eigenvalue weighted by Crippen LogP contribution is -2.32. The maximum atomic E-state index is 12.7. The third-order valence-corrected chi connectivity index (χ3v) is 1.65. The van der Waals surface area contributed by atoms with Gasteiger partial charge in [-0.3, -0.25) is 4.98 Å². The number of hydrogen-bond acceptors (Lipinski definition) is 2. The summed E-state index contributed by atoms with van der Waals surface area (Å²) < 4.78 is 29.6. The summed E-state index contributed by atoms with van der Waals surface area (Å²) >= 11 is 9.98. The van der Waals surface area contributed by atoms with Gasteiger partial charge in [-0.15, -0.1) is 0 Å². The summed E-state index contributed by atoms with van der Waals surface area (Å²) in [5.41, 5.74) is 0. The SMILES string of the molecule is FC(F)(Oc1cccnc1)C(Cl)Cl. The van der Waals surface area contributed by atoms with E-state index in [2.05, 4.69) is 9.72 Å². The van der Waals surface area contributed by atoms with Crippen molar-refractivity contribution in [2.75, 3.05) is 0 Å². The number of rotatable bonds is 3. The van der Waals surface area contributed by atoms with Gasteiger partial charge in [0.25, 0.3) is 0 Å². The molecule has 0 aliphatic carbocycles. The molecule has 0 saturated carbocycles. The number of aromatic nitrogens is 1. The first-order valence-corrected chi connectivity index (χ1v) is 4.14. The average Bonchev–Trinajstić information content (AvgIpc) is 2.05. The summed E-state index contributed by atoms with van der Waals surface area (Å²) in [5.74, 6) is -0.0844. The number of ether oxygens (including phenoxy) is 1. The first-order chi connectivity index (χ1) is 6.02. The second-order valence-corrected chi connectivity index (χ2v) is 3.25. The van der Waals surface area contributed by atoms with E-state index in [1.165, 1.54) is 18.3 Å². The first kappa shape index (κ1) is 10.5. The van der Waals surface area contributed by atoms with Gasteiger partial charge in [0.1, 0.15) is 5.75 Å². The van der Waals surface area contributed by atoms with Gasteiger partial charge >= 0.3 is 6.11 Å². The number of nitrogens with zero attached hydrogens (tertiary/aromatic N) is 1. The van der Waals surface area contributed by atoms with Crippen LogP contribution in [0.5, 0.6) is 5.75 Å². The van der Waals surface area contributed by atoms with E-state index in [0.29, 0.717) is 0 Å². The van der Waals surface area contributed by atoms with Gasteiger partial charge in [0.05, 0.1) is 6.20 Å². The Bertz CT molecular complexity index is 268. The van der Waals surface area contributed by atoms with E-state index in [1.807, 2.05) is 0 Å². The molecule has 1 rings (SSSR count). The summed E-state index contributed by atoms with van der Waals surface area (Å²) in [5, 5.41) is 0. The maximum absolute atomic E-state index is 12.7. The molecule has 0 N–H and O–H groups in total. The third-order valence-electron chi connectivity index (χ3n) is 1.14. The molecule has 1 aromatic heterocycles. The van der Waals surface area contributed by atoms with Gasteiger partial charge in [-0.05, 0) is 12.1 Å². The summed E-state index contributed by atoms with van der Waals surface area (Å²) in [6.07, 6.45) is -1.03. The van der Waals surface area contributed by atoms with E-state index < -0.39 is 10.9 Å². The molecule has 0 bridgehead atoms. The number of halogens is 4. The summed E-state index contributed by atoms with van der Waals surface area (Å²) in [7, 11) is 0. The molecular weight excluding hydrogens is 223 g/mol. The third kappa shape index (κ3) is 2.97. The highest BCUT2D eigenvalue weighted by Crippen LogP contribution is 2.29. The van der Waals surface area contributed by atoms with E-state index in [9.17, 15) is 8.78 Å². The molecular formula is C7H5Cl2F2NO. The van der Waals surface area contributed by atoms with Crippen LogP contribution in [0, 0.1) is 0 Å². The van der Waals surface area contributed by atoms with Crippen LogP contribution >= 0.6 is 23.2 Å². The van der Waals surface area contributed by atoms with Crippen molar-refractivity contribution in [2.24, 2.45) is 0 Å². The molecule has 0 atom stereocenters. The van der Waals surface area contributed by atoms with Gasteiger partial charge in [0, 0.05) is 6.20 Å². The quantitative estimate of drug-likeness (QED) is 0.742. The topological polar surface area (TPSA) is 22.1 Å². The zero-order chi connectivity index (χ0) is 9.90. The smallest absolute Gasteiger partial charge is 0.428 e. The Kier molecular flexibility index (Phi) is 3.27. The molecule has 0 amide bonds. The van der Waals surface area contributed by atoms with Crippen LogP contribution in [0.3, 0.4) is 0 Å². The van der Waals surface area contributed by atoms with E-state index in [4.69, 9.17) is 23.2 Å². The van der Waals surface area contributed by atoms with E-state index >= 15 is 0 Å². The van der Waals surface area contributed by atoms with Gasteiger partial charge in [-0.25, -0.2) is 0 Å². The molecule has 0 aromatic carbocycles. The molecule has 6 heteroatoms. The van der Waals surface area contributed by atoms with Crippen molar-refractivity contribution in [1.29, 1.82) is 0 Å². The summed E-state index contributed by atoms with van der Waals surface area (Å²) in [6, 6.07) is 2.79. The molecule has 13 heavy (non-hydrogen) atoms. The Hall–Kier alpha value is -0.610.